The summed E-state index contributed by atoms with van der Waals surface area (Å²) >= 11 is 0. The first-order valence-corrected chi connectivity index (χ1v) is 6.33. The van der Waals surface area contributed by atoms with Crippen molar-refractivity contribution >= 4 is 0 Å². The molecule has 0 aromatic carbocycles. The van der Waals surface area contributed by atoms with Crippen molar-refractivity contribution in [2.24, 2.45) is 0 Å². The fourth-order valence-corrected chi connectivity index (χ4v) is 2.18. The van der Waals surface area contributed by atoms with Crippen LogP contribution in [0.15, 0.2) is 0 Å². The summed E-state index contributed by atoms with van der Waals surface area (Å²) in [5, 5.41) is 35.7. The molecule has 2 aliphatic rings. The Morgan fingerprint density at radius 3 is 0.750 bits per heavy atom. The molecular formula is C12H24O4. The molecule has 96 valence electrons. The Balaban J connectivity index is 0.000000160. The van der Waals surface area contributed by atoms with Crippen molar-refractivity contribution in [3.05, 3.63) is 0 Å². The molecule has 0 amide bonds. The zero-order valence-electron chi connectivity index (χ0n) is 9.76. The van der Waals surface area contributed by atoms with Crippen LogP contribution in [-0.4, -0.2) is 44.8 Å². The molecule has 4 heteroatoms. The number of hydrogen-bond donors (Lipinski definition) is 4. The van der Waals surface area contributed by atoms with E-state index in [1.807, 2.05) is 0 Å². The van der Waals surface area contributed by atoms with Crippen LogP contribution in [0, 0.1) is 0 Å². The number of aliphatic hydroxyl groups excluding tert-OH is 4. The third kappa shape index (κ3) is 4.78. The van der Waals surface area contributed by atoms with Crippen LogP contribution in [0.1, 0.15) is 51.4 Å². The van der Waals surface area contributed by atoms with Gasteiger partial charge in [0.15, 0.2) is 0 Å². The first kappa shape index (κ1) is 13.9. The highest BCUT2D eigenvalue weighted by atomic mass is 16.3. The van der Waals surface area contributed by atoms with Crippen LogP contribution in [0.3, 0.4) is 0 Å². The Kier molecular flexibility index (Phi) is 6.28. The molecule has 0 aromatic heterocycles. The predicted octanol–water partition coefficient (Wildman–Crippen LogP) is 0.564. The first-order chi connectivity index (χ1) is 7.61. The molecule has 4 nitrogen and oxygen atoms in total. The monoisotopic (exact) mass is 232 g/mol. The molecule has 0 spiro atoms. The van der Waals surface area contributed by atoms with Gasteiger partial charge >= 0.3 is 0 Å². The summed E-state index contributed by atoms with van der Waals surface area (Å²) in [4.78, 5) is 0. The van der Waals surface area contributed by atoms with Gasteiger partial charge in [0.25, 0.3) is 0 Å². The predicted molar refractivity (Wildman–Crippen MR) is 61.0 cm³/mol. The van der Waals surface area contributed by atoms with Crippen LogP contribution in [0.5, 0.6) is 0 Å². The highest BCUT2D eigenvalue weighted by molar-refractivity contribution is 4.72. The molecule has 4 N–H and O–H groups in total. The third-order valence-electron chi connectivity index (χ3n) is 3.39. The SMILES string of the molecule is O[C@@H]1CCCC[C@H]1O.O[C@H]1CCCC[C@@H]1O. The van der Waals surface area contributed by atoms with E-state index in [1.165, 1.54) is 0 Å². The van der Waals surface area contributed by atoms with Crippen molar-refractivity contribution in [1.82, 2.24) is 0 Å². The van der Waals surface area contributed by atoms with E-state index >= 15 is 0 Å². The van der Waals surface area contributed by atoms with Crippen molar-refractivity contribution < 1.29 is 20.4 Å². The molecule has 16 heavy (non-hydrogen) atoms. The Morgan fingerprint density at radius 1 is 0.438 bits per heavy atom. The molecule has 0 heterocycles. The lowest BCUT2D eigenvalue weighted by molar-refractivity contribution is -0.00865. The second-order valence-corrected chi connectivity index (χ2v) is 4.84. The van der Waals surface area contributed by atoms with E-state index in [9.17, 15) is 0 Å². The lowest BCUT2D eigenvalue weighted by Crippen LogP contribution is -2.28. The van der Waals surface area contributed by atoms with Gasteiger partial charge in [0.05, 0.1) is 24.4 Å². The molecule has 4 atom stereocenters. The largest absolute Gasteiger partial charge is 0.390 e. The highest BCUT2D eigenvalue weighted by Crippen LogP contribution is 2.18. The summed E-state index contributed by atoms with van der Waals surface area (Å²) in [7, 11) is 0. The summed E-state index contributed by atoms with van der Waals surface area (Å²) in [6.07, 6.45) is 5.62. The van der Waals surface area contributed by atoms with Crippen LogP contribution in [0.25, 0.3) is 0 Å². The minimum Gasteiger partial charge on any atom is -0.390 e. The molecule has 0 unspecified atom stereocenters. The maximum atomic E-state index is 8.93. The van der Waals surface area contributed by atoms with E-state index in [-0.39, 0.29) is 0 Å². The molecule has 2 aliphatic carbocycles. The van der Waals surface area contributed by atoms with Crippen molar-refractivity contribution in [3.8, 4) is 0 Å². The topological polar surface area (TPSA) is 80.9 Å². The number of hydrogen-bond acceptors (Lipinski definition) is 4. The van der Waals surface area contributed by atoms with Crippen LogP contribution >= 0.6 is 0 Å². The first-order valence-electron chi connectivity index (χ1n) is 6.33. The third-order valence-corrected chi connectivity index (χ3v) is 3.39. The summed E-state index contributed by atoms with van der Waals surface area (Å²) in [6.45, 7) is 0. The van der Waals surface area contributed by atoms with Gasteiger partial charge in [0.2, 0.25) is 0 Å². The van der Waals surface area contributed by atoms with E-state index in [1.54, 1.807) is 0 Å². The second kappa shape index (κ2) is 7.22. The fourth-order valence-electron chi connectivity index (χ4n) is 2.18. The molecule has 0 aromatic rings. The van der Waals surface area contributed by atoms with Gasteiger partial charge < -0.3 is 20.4 Å². The molecular weight excluding hydrogens is 208 g/mol. The Morgan fingerprint density at radius 2 is 0.625 bits per heavy atom. The Bertz CT molecular complexity index is 146. The van der Waals surface area contributed by atoms with Crippen LogP contribution in [-0.2, 0) is 0 Å². The van der Waals surface area contributed by atoms with Gasteiger partial charge in [-0.05, 0) is 25.7 Å². The summed E-state index contributed by atoms with van der Waals surface area (Å²) in [6, 6.07) is 0. The van der Waals surface area contributed by atoms with Gasteiger partial charge in [-0.15, -0.1) is 0 Å². The smallest absolute Gasteiger partial charge is 0.0799 e. The van der Waals surface area contributed by atoms with E-state index in [0.29, 0.717) is 0 Å². The standard InChI is InChI=1S/2C6H12O2/c2*7-5-3-1-2-4-6(5)8/h2*5-8H,1-4H2/t2*5-,6-/m10/s1. The summed E-state index contributed by atoms with van der Waals surface area (Å²) < 4.78 is 0. The minimum atomic E-state index is -0.441. The van der Waals surface area contributed by atoms with Gasteiger partial charge in [-0.3, -0.25) is 0 Å². The molecule has 0 saturated heterocycles. The van der Waals surface area contributed by atoms with E-state index in [2.05, 4.69) is 0 Å². The van der Waals surface area contributed by atoms with Crippen molar-refractivity contribution in [3.63, 3.8) is 0 Å². The van der Waals surface area contributed by atoms with E-state index < -0.39 is 24.4 Å². The summed E-state index contributed by atoms with van der Waals surface area (Å²) in [5.41, 5.74) is 0. The molecule has 0 bridgehead atoms. The highest BCUT2D eigenvalue weighted by Gasteiger charge is 2.19. The second-order valence-electron chi connectivity index (χ2n) is 4.84. The maximum absolute atomic E-state index is 8.93. The average Bonchev–Trinajstić information content (AvgIpc) is 2.28. The van der Waals surface area contributed by atoms with Crippen LogP contribution in [0.2, 0.25) is 0 Å². The zero-order valence-corrected chi connectivity index (χ0v) is 9.76. The van der Waals surface area contributed by atoms with Gasteiger partial charge in [-0.25, -0.2) is 0 Å². The lowest BCUT2D eigenvalue weighted by Gasteiger charge is -2.22. The number of aliphatic hydroxyl groups is 4. The normalized spacial score (nSPS) is 39.8. The van der Waals surface area contributed by atoms with Crippen molar-refractivity contribution in [1.29, 1.82) is 0 Å². The van der Waals surface area contributed by atoms with E-state index in [0.717, 1.165) is 51.4 Å². The maximum Gasteiger partial charge on any atom is 0.0799 e. The van der Waals surface area contributed by atoms with Crippen molar-refractivity contribution in [2.45, 2.75) is 75.8 Å². The Hall–Kier alpha value is -0.160. The zero-order chi connectivity index (χ0) is 12.0. The van der Waals surface area contributed by atoms with Crippen LogP contribution < -0.4 is 0 Å². The molecule has 2 fully saturated rings. The molecule has 0 aliphatic heterocycles. The quantitative estimate of drug-likeness (QED) is 0.492. The summed E-state index contributed by atoms with van der Waals surface area (Å²) in [5.74, 6) is 0. The Labute approximate surface area is 96.9 Å². The lowest BCUT2D eigenvalue weighted by atomic mass is 9.95. The molecule has 2 rings (SSSR count). The minimum absolute atomic E-state index is 0.441. The van der Waals surface area contributed by atoms with Gasteiger partial charge in [-0.2, -0.15) is 0 Å². The fraction of sp³-hybridized carbons (Fsp3) is 1.00. The van der Waals surface area contributed by atoms with Gasteiger partial charge in [0.1, 0.15) is 0 Å². The van der Waals surface area contributed by atoms with Gasteiger partial charge in [-0.1, -0.05) is 25.7 Å². The number of rotatable bonds is 0. The van der Waals surface area contributed by atoms with E-state index in [4.69, 9.17) is 20.4 Å². The van der Waals surface area contributed by atoms with Crippen molar-refractivity contribution in [2.75, 3.05) is 0 Å². The van der Waals surface area contributed by atoms with Gasteiger partial charge in [0, 0.05) is 0 Å². The average molecular weight is 232 g/mol. The van der Waals surface area contributed by atoms with Crippen LogP contribution in [0.4, 0.5) is 0 Å². The molecule has 0 radical (unpaired) electrons. The molecule has 2 saturated carbocycles.